The minimum Gasteiger partial charge on any atom is -0.507 e. The summed E-state index contributed by atoms with van der Waals surface area (Å²) in [5.41, 5.74) is 2.39. The molecule has 0 unspecified atom stereocenters. The Kier molecular flexibility index (Phi) is 3.33. The molecule has 0 saturated heterocycles. The van der Waals surface area contributed by atoms with Crippen molar-refractivity contribution in [1.82, 2.24) is 0 Å². The maximum absolute atomic E-state index is 11.1. The Bertz CT molecular complexity index is 588. The predicted octanol–water partition coefficient (Wildman–Crippen LogP) is 3.29. The first-order valence-corrected chi connectivity index (χ1v) is 5.65. The van der Waals surface area contributed by atoms with Crippen LogP contribution in [0.1, 0.15) is 12.5 Å². The van der Waals surface area contributed by atoms with Crippen molar-refractivity contribution in [3.05, 3.63) is 48.0 Å². The Balaban J connectivity index is 2.56. The smallest absolute Gasteiger partial charge is 0.308 e. The van der Waals surface area contributed by atoms with Gasteiger partial charge in [-0.3, -0.25) is 4.79 Å². The van der Waals surface area contributed by atoms with E-state index in [2.05, 4.69) is 0 Å². The lowest BCUT2D eigenvalue weighted by Gasteiger charge is -2.11. The molecule has 0 bridgehead atoms. The van der Waals surface area contributed by atoms with Crippen LogP contribution in [-0.2, 0) is 4.79 Å². The number of esters is 1. The number of phenols is 1. The molecule has 0 saturated carbocycles. The maximum atomic E-state index is 11.1. The summed E-state index contributed by atoms with van der Waals surface area (Å²) in [5, 5.41) is 9.91. The van der Waals surface area contributed by atoms with Gasteiger partial charge in [0.2, 0.25) is 0 Å². The van der Waals surface area contributed by atoms with Crippen LogP contribution in [0.4, 0.5) is 0 Å². The van der Waals surface area contributed by atoms with E-state index in [1.807, 2.05) is 31.2 Å². The van der Waals surface area contributed by atoms with E-state index in [-0.39, 0.29) is 11.7 Å². The molecule has 1 N–H and O–H groups in total. The van der Waals surface area contributed by atoms with Gasteiger partial charge in [0.05, 0.1) is 0 Å². The summed E-state index contributed by atoms with van der Waals surface area (Å²) in [7, 11) is 0. The fourth-order valence-corrected chi connectivity index (χ4v) is 1.80. The van der Waals surface area contributed by atoms with E-state index >= 15 is 0 Å². The van der Waals surface area contributed by atoms with Crippen molar-refractivity contribution < 1.29 is 14.6 Å². The van der Waals surface area contributed by atoms with E-state index in [1.165, 1.54) is 6.92 Å². The van der Waals surface area contributed by atoms with Gasteiger partial charge in [0.15, 0.2) is 0 Å². The first-order chi connectivity index (χ1) is 8.58. The third-order valence-corrected chi connectivity index (χ3v) is 2.58. The minimum absolute atomic E-state index is 0.167. The number of ether oxygens (including phenoxy) is 1. The van der Waals surface area contributed by atoms with Gasteiger partial charge in [-0.1, -0.05) is 29.8 Å². The SMILES string of the molecule is CC(=O)Oc1ccccc1-c1cc(C)ccc1O. The van der Waals surface area contributed by atoms with E-state index < -0.39 is 0 Å². The fraction of sp³-hybridized carbons (Fsp3) is 0.133. The lowest BCUT2D eigenvalue weighted by molar-refractivity contribution is -0.131. The molecule has 0 aliphatic carbocycles. The van der Waals surface area contributed by atoms with Gasteiger partial charge in [-0.15, -0.1) is 0 Å². The van der Waals surface area contributed by atoms with Crippen molar-refractivity contribution in [2.45, 2.75) is 13.8 Å². The largest absolute Gasteiger partial charge is 0.507 e. The minimum atomic E-state index is -0.380. The fourth-order valence-electron chi connectivity index (χ4n) is 1.80. The van der Waals surface area contributed by atoms with E-state index in [0.717, 1.165) is 5.56 Å². The molecule has 0 radical (unpaired) electrons. The first kappa shape index (κ1) is 12.2. The van der Waals surface area contributed by atoms with E-state index in [4.69, 9.17) is 4.74 Å². The van der Waals surface area contributed by atoms with Crippen LogP contribution < -0.4 is 4.74 Å². The highest BCUT2D eigenvalue weighted by molar-refractivity contribution is 5.79. The van der Waals surface area contributed by atoms with E-state index in [0.29, 0.717) is 16.9 Å². The summed E-state index contributed by atoms with van der Waals surface area (Å²) in [6.45, 7) is 3.30. The quantitative estimate of drug-likeness (QED) is 0.649. The van der Waals surface area contributed by atoms with Crippen molar-refractivity contribution in [1.29, 1.82) is 0 Å². The summed E-state index contributed by atoms with van der Waals surface area (Å²) in [4.78, 5) is 11.1. The molecule has 0 amide bonds. The van der Waals surface area contributed by atoms with Gasteiger partial charge in [0.25, 0.3) is 0 Å². The average molecular weight is 242 g/mol. The molecule has 0 aromatic heterocycles. The van der Waals surface area contributed by atoms with Gasteiger partial charge >= 0.3 is 5.97 Å². The molecule has 0 spiro atoms. The molecular weight excluding hydrogens is 228 g/mol. The van der Waals surface area contributed by atoms with Crippen LogP contribution in [0.25, 0.3) is 11.1 Å². The van der Waals surface area contributed by atoms with Crippen molar-refractivity contribution in [2.24, 2.45) is 0 Å². The Morgan fingerprint density at radius 2 is 1.83 bits per heavy atom. The van der Waals surface area contributed by atoms with Crippen LogP contribution in [-0.4, -0.2) is 11.1 Å². The third-order valence-electron chi connectivity index (χ3n) is 2.58. The molecule has 2 aromatic rings. The number of aryl methyl sites for hydroxylation is 1. The van der Waals surface area contributed by atoms with Gasteiger partial charge in [-0.05, 0) is 25.1 Å². The zero-order valence-corrected chi connectivity index (χ0v) is 10.3. The van der Waals surface area contributed by atoms with Gasteiger partial charge in [-0.2, -0.15) is 0 Å². The monoisotopic (exact) mass is 242 g/mol. The van der Waals surface area contributed by atoms with Crippen LogP contribution in [0, 0.1) is 6.92 Å². The maximum Gasteiger partial charge on any atom is 0.308 e. The van der Waals surface area contributed by atoms with Gasteiger partial charge < -0.3 is 9.84 Å². The number of hydrogen-bond donors (Lipinski definition) is 1. The Morgan fingerprint density at radius 1 is 1.11 bits per heavy atom. The van der Waals surface area contributed by atoms with E-state index in [1.54, 1.807) is 18.2 Å². The summed E-state index contributed by atoms with van der Waals surface area (Å²) in [6, 6.07) is 12.5. The molecule has 92 valence electrons. The molecule has 0 heterocycles. The van der Waals surface area contributed by atoms with Crippen LogP contribution in [0.2, 0.25) is 0 Å². The number of carbonyl (C=O) groups is 1. The van der Waals surface area contributed by atoms with Crippen molar-refractivity contribution in [3.63, 3.8) is 0 Å². The molecule has 0 aliphatic rings. The standard InChI is InChI=1S/C15H14O3/c1-10-7-8-14(17)13(9-10)12-5-3-4-6-15(12)18-11(2)16/h3-9,17H,1-2H3. The first-order valence-electron chi connectivity index (χ1n) is 5.65. The highest BCUT2D eigenvalue weighted by Gasteiger charge is 2.11. The second-order valence-corrected chi connectivity index (χ2v) is 4.11. The Hall–Kier alpha value is -2.29. The van der Waals surface area contributed by atoms with Gasteiger partial charge in [0.1, 0.15) is 11.5 Å². The molecule has 3 heteroatoms. The van der Waals surface area contributed by atoms with Gasteiger partial charge in [0, 0.05) is 18.1 Å². The highest BCUT2D eigenvalue weighted by Crippen LogP contribution is 2.36. The normalized spacial score (nSPS) is 10.1. The zero-order chi connectivity index (χ0) is 13.1. The number of phenolic OH excluding ortho intramolecular Hbond substituents is 1. The summed E-state index contributed by atoms with van der Waals surface area (Å²) >= 11 is 0. The second kappa shape index (κ2) is 4.92. The number of aromatic hydroxyl groups is 1. The van der Waals surface area contributed by atoms with Crippen LogP contribution >= 0.6 is 0 Å². The summed E-state index contributed by atoms with van der Waals surface area (Å²) in [5.74, 6) is 0.237. The number of para-hydroxylation sites is 1. The molecule has 0 atom stereocenters. The molecular formula is C15H14O3. The summed E-state index contributed by atoms with van der Waals surface area (Å²) in [6.07, 6.45) is 0. The van der Waals surface area contributed by atoms with Gasteiger partial charge in [-0.25, -0.2) is 0 Å². The number of benzene rings is 2. The second-order valence-electron chi connectivity index (χ2n) is 4.11. The number of hydrogen-bond acceptors (Lipinski definition) is 3. The predicted molar refractivity (Wildman–Crippen MR) is 69.6 cm³/mol. The molecule has 3 nitrogen and oxygen atoms in total. The molecule has 2 aromatic carbocycles. The molecule has 18 heavy (non-hydrogen) atoms. The lowest BCUT2D eigenvalue weighted by atomic mass is 10.0. The lowest BCUT2D eigenvalue weighted by Crippen LogP contribution is -2.02. The van der Waals surface area contributed by atoms with Crippen molar-refractivity contribution in [2.75, 3.05) is 0 Å². The highest BCUT2D eigenvalue weighted by atomic mass is 16.5. The summed E-state index contributed by atoms with van der Waals surface area (Å²) < 4.78 is 5.14. The average Bonchev–Trinajstić information content (AvgIpc) is 2.32. The van der Waals surface area contributed by atoms with Crippen LogP contribution in [0.15, 0.2) is 42.5 Å². The Morgan fingerprint density at radius 3 is 2.56 bits per heavy atom. The van der Waals surface area contributed by atoms with Crippen molar-refractivity contribution in [3.8, 4) is 22.6 Å². The third kappa shape index (κ3) is 2.51. The number of carbonyl (C=O) groups excluding carboxylic acids is 1. The topological polar surface area (TPSA) is 46.5 Å². The van der Waals surface area contributed by atoms with Crippen LogP contribution in [0.5, 0.6) is 11.5 Å². The Labute approximate surface area is 106 Å². The molecule has 0 fully saturated rings. The zero-order valence-electron chi connectivity index (χ0n) is 10.3. The molecule has 2 rings (SSSR count). The number of rotatable bonds is 2. The van der Waals surface area contributed by atoms with Crippen molar-refractivity contribution >= 4 is 5.97 Å². The van der Waals surface area contributed by atoms with E-state index in [9.17, 15) is 9.90 Å². The molecule has 0 aliphatic heterocycles. The van der Waals surface area contributed by atoms with Crippen LogP contribution in [0.3, 0.4) is 0 Å².